The Bertz CT molecular complexity index is 841. The van der Waals surface area contributed by atoms with Crippen molar-refractivity contribution < 1.29 is 13.2 Å². The van der Waals surface area contributed by atoms with Crippen molar-refractivity contribution in [2.75, 3.05) is 31.1 Å². The predicted molar refractivity (Wildman–Crippen MR) is 98.0 cm³/mol. The smallest absolute Gasteiger partial charge is 0.247 e. The molecule has 25 heavy (non-hydrogen) atoms. The van der Waals surface area contributed by atoms with Gasteiger partial charge < -0.3 is 9.80 Å². The number of carbonyl (C=O) groups is 1. The summed E-state index contributed by atoms with van der Waals surface area (Å²) in [6.45, 7) is 2.61. The van der Waals surface area contributed by atoms with E-state index in [1.165, 1.54) is 12.1 Å². The summed E-state index contributed by atoms with van der Waals surface area (Å²) >= 11 is 0. The first-order chi connectivity index (χ1) is 12.1. The van der Waals surface area contributed by atoms with Crippen molar-refractivity contribution in [1.29, 1.82) is 0 Å². The zero-order valence-electron chi connectivity index (χ0n) is 13.8. The molecule has 1 aliphatic rings. The Hall–Kier alpha value is -2.60. The SMILES string of the molecule is O=C(C=CS(=O)(=O)c1ccccc1)N1CCN(c2ccccc2)CC1. The van der Waals surface area contributed by atoms with Crippen LogP contribution in [0.5, 0.6) is 0 Å². The molecule has 0 saturated carbocycles. The molecule has 3 rings (SSSR count). The molecule has 1 aliphatic heterocycles. The van der Waals surface area contributed by atoms with Crippen LogP contribution in [0, 0.1) is 0 Å². The van der Waals surface area contributed by atoms with Crippen LogP contribution >= 0.6 is 0 Å². The zero-order chi connectivity index (χ0) is 17.7. The predicted octanol–water partition coefficient (Wildman–Crippen LogP) is 2.32. The maximum atomic E-state index is 12.3. The first-order valence-corrected chi connectivity index (χ1v) is 9.68. The second-order valence-corrected chi connectivity index (χ2v) is 7.64. The molecule has 0 spiro atoms. The average molecular weight is 356 g/mol. The molecular formula is C19H20N2O3S. The Labute approximate surface area is 148 Å². The highest BCUT2D eigenvalue weighted by Crippen LogP contribution is 2.16. The molecule has 1 fully saturated rings. The first kappa shape index (κ1) is 17.2. The van der Waals surface area contributed by atoms with E-state index >= 15 is 0 Å². The summed E-state index contributed by atoms with van der Waals surface area (Å²) in [6, 6.07) is 18.1. The minimum Gasteiger partial charge on any atom is -0.368 e. The van der Waals surface area contributed by atoms with E-state index in [1.54, 1.807) is 23.1 Å². The third kappa shape index (κ3) is 4.28. The van der Waals surface area contributed by atoms with Gasteiger partial charge >= 0.3 is 0 Å². The van der Waals surface area contributed by atoms with Crippen LogP contribution in [0.15, 0.2) is 77.0 Å². The largest absolute Gasteiger partial charge is 0.368 e. The Balaban J connectivity index is 1.60. The van der Waals surface area contributed by atoms with Crippen LogP contribution in [0.4, 0.5) is 5.69 Å². The van der Waals surface area contributed by atoms with Gasteiger partial charge in [-0.1, -0.05) is 36.4 Å². The number of nitrogens with zero attached hydrogens (tertiary/aromatic N) is 2. The Morgan fingerprint density at radius 2 is 1.40 bits per heavy atom. The van der Waals surface area contributed by atoms with Gasteiger partial charge in [0.15, 0.2) is 9.84 Å². The molecule has 0 atom stereocenters. The summed E-state index contributed by atoms with van der Waals surface area (Å²) in [5.41, 5.74) is 1.14. The van der Waals surface area contributed by atoms with Crippen LogP contribution in [0.2, 0.25) is 0 Å². The second kappa shape index (κ2) is 7.53. The number of hydrogen-bond donors (Lipinski definition) is 0. The van der Waals surface area contributed by atoms with Gasteiger partial charge in [-0.05, 0) is 24.3 Å². The number of para-hydroxylation sites is 1. The van der Waals surface area contributed by atoms with Gasteiger partial charge in [-0.2, -0.15) is 0 Å². The van der Waals surface area contributed by atoms with E-state index in [1.807, 2.05) is 30.3 Å². The lowest BCUT2D eigenvalue weighted by Crippen LogP contribution is -2.48. The molecule has 6 heteroatoms. The highest BCUT2D eigenvalue weighted by molar-refractivity contribution is 7.94. The monoisotopic (exact) mass is 356 g/mol. The van der Waals surface area contributed by atoms with Crippen molar-refractivity contribution in [2.24, 2.45) is 0 Å². The molecule has 0 N–H and O–H groups in total. The molecule has 0 aliphatic carbocycles. The van der Waals surface area contributed by atoms with Gasteiger partial charge in [-0.15, -0.1) is 0 Å². The van der Waals surface area contributed by atoms with Gasteiger partial charge in [0.25, 0.3) is 0 Å². The fraction of sp³-hybridized carbons (Fsp3) is 0.211. The van der Waals surface area contributed by atoms with E-state index in [9.17, 15) is 13.2 Å². The number of sulfone groups is 1. The first-order valence-electron chi connectivity index (χ1n) is 8.13. The summed E-state index contributed by atoms with van der Waals surface area (Å²) in [4.78, 5) is 16.4. The van der Waals surface area contributed by atoms with Crippen LogP contribution in [0.25, 0.3) is 0 Å². The summed E-state index contributed by atoms with van der Waals surface area (Å²) < 4.78 is 24.4. The van der Waals surface area contributed by atoms with Gasteiger partial charge in [-0.3, -0.25) is 4.79 Å². The van der Waals surface area contributed by atoms with Crippen molar-refractivity contribution >= 4 is 21.4 Å². The fourth-order valence-electron chi connectivity index (χ4n) is 2.77. The second-order valence-electron chi connectivity index (χ2n) is 5.81. The number of anilines is 1. The van der Waals surface area contributed by atoms with Gasteiger partial charge in [0.1, 0.15) is 0 Å². The maximum Gasteiger partial charge on any atom is 0.247 e. The number of piperazine rings is 1. The molecule has 1 saturated heterocycles. The maximum absolute atomic E-state index is 12.3. The van der Waals surface area contributed by atoms with Crippen LogP contribution in [-0.2, 0) is 14.6 Å². The van der Waals surface area contributed by atoms with E-state index in [4.69, 9.17) is 0 Å². The lowest BCUT2D eigenvalue weighted by Gasteiger charge is -2.35. The molecule has 1 heterocycles. The third-order valence-electron chi connectivity index (χ3n) is 4.17. The molecular weight excluding hydrogens is 336 g/mol. The molecule has 0 radical (unpaired) electrons. The van der Waals surface area contributed by atoms with Crippen molar-refractivity contribution in [1.82, 2.24) is 4.90 Å². The van der Waals surface area contributed by atoms with Crippen molar-refractivity contribution in [3.05, 3.63) is 72.1 Å². The normalized spacial score (nSPS) is 15.5. The lowest BCUT2D eigenvalue weighted by molar-refractivity contribution is -0.126. The standard InChI is InChI=1S/C19H20N2O3S/c22-19(11-16-25(23,24)18-9-5-2-6-10-18)21-14-12-20(13-15-21)17-7-3-1-4-8-17/h1-11,16H,12-15H2. The number of hydrogen-bond acceptors (Lipinski definition) is 4. The molecule has 2 aromatic carbocycles. The van der Waals surface area contributed by atoms with Crippen molar-refractivity contribution in [2.45, 2.75) is 4.90 Å². The Morgan fingerprint density at radius 3 is 2.00 bits per heavy atom. The minimum absolute atomic E-state index is 0.188. The quantitative estimate of drug-likeness (QED) is 0.789. The van der Waals surface area contributed by atoms with E-state index in [2.05, 4.69) is 4.90 Å². The Kier molecular flexibility index (Phi) is 5.19. The highest BCUT2D eigenvalue weighted by Gasteiger charge is 2.20. The number of carbonyl (C=O) groups excluding carboxylic acids is 1. The molecule has 130 valence electrons. The molecule has 0 bridgehead atoms. The van der Waals surface area contributed by atoms with E-state index in [-0.39, 0.29) is 10.8 Å². The van der Waals surface area contributed by atoms with E-state index in [0.29, 0.717) is 13.1 Å². The van der Waals surface area contributed by atoms with Crippen molar-refractivity contribution in [3.63, 3.8) is 0 Å². The van der Waals surface area contributed by atoms with Gasteiger partial charge in [0.05, 0.1) is 4.90 Å². The van der Waals surface area contributed by atoms with Crippen molar-refractivity contribution in [3.8, 4) is 0 Å². The van der Waals surface area contributed by atoms with Gasteiger partial charge in [-0.25, -0.2) is 8.42 Å². The molecule has 5 nitrogen and oxygen atoms in total. The highest BCUT2D eigenvalue weighted by atomic mass is 32.2. The molecule has 0 aromatic heterocycles. The van der Waals surface area contributed by atoms with E-state index in [0.717, 1.165) is 30.3 Å². The number of rotatable bonds is 4. The van der Waals surface area contributed by atoms with Gasteiger partial charge in [0, 0.05) is 43.4 Å². The topological polar surface area (TPSA) is 57.7 Å². The fourth-order valence-corrected chi connectivity index (χ4v) is 3.75. The summed E-state index contributed by atoms with van der Waals surface area (Å²) in [7, 11) is -3.59. The summed E-state index contributed by atoms with van der Waals surface area (Å²) in [5.74, 6) is -0.271. The minimum atomic E-state index is -3.59. The third-order valence-corrected chi connectivity index (χ3v) is 5.60. The average Bonchev–Trinajstić information content (AvgIpc) is 2.68. The summed E-state index contributed by atoms with van der Waals surface area (Å²) in [6.07, 6.45) is 1.15. The van der Waals surface area contributed by atoms with Crippen LogP contribution in [-0.4, -0.2) is 45.4 Å². The number of amides is 1. The summed E-state index contributed by atoms with van der Waals surface area (Å²) in [5, 5.41) is 0.994. The van der Waals surface area contributed by atoms with Gasteiger partial charge in [0.2, 0.25) is 5.91 Å². The van der Waals surface area contributed by atoms with Crippen LogP contribution < -0.4 is 4.90 Å². The molecule has 1 amide bonds. The Morgan fingerprint density at radius 1 is 0.840 bits per heavy atom. The van der Waals surface area contributed by atoms with E-state index < -0.39 is 9.84 Å². The number of benzene rings is 2. The zero-order valence-corrected chi connectivity index (χ0v) is 14.6. The van der Waals surface area contributed by atoms with Crippen LogP contribution in [0.3, 0.4) is 0 Å². The molecule has 0 unspecified atom stereocenters. The lowest BCUT2D eigenvalue weighted by atomic mass is 10.2. The molecule has 2 aromatic rings. The van der Waals surface area contributed by atoms with Crippen LogP contribution in [0.1, 0.15) is 0 Å².